The molecule has 0 rings (SSSR count). The van der Waals surface area contributed by atoms with E-state index >= 15 is 0 Å². The van der Waals surface area contributed by atoms with Gasteiger partial charge >= 0.3 is 6.18 Å². The first-order valence-electron chi connectivity index (χ1n) is 2.50. The van der Waals surface area contributed by atoms with Gasteiger partial charge in [0.25, 0.3) is 12.1 Å². The lowest BCUT2D eigenvalue weighted by atomic mass is 10.2. The minimum absolute atomic E-state index is 1.66. The Labute approximate surface area is 58.2 Å². The highest BCUT2D eigenvalue weighted by atomic mass is 19.4. The molecule has 0 heterocycles. The van der Waals surface area contributed by atoms with Crippen molar-refractivity contribution in [3.63, 3.8) is 0 Å². The molecule has 7 heteroatoms. The summed E-state index contributed by atoms with van der Waals surface area (Å²) in [6, 6.07) is 0. The van der Waals surface area contributed by atoms with Crippen LogP contribution in [0.3, 0.4) is 0 Å². The van der Waals surface area contributed by atoms with Crippen LogP contribution in [0.5, 0.6) is 0 Å². The second kappa shape index (κ2) is 2.88. The zero-order chi connectivity index (χ0) is 9.28. The zero-order valence-corrected chi connectivity index (χ0v) is 5.13. The van der Waals surface area contributed by atoms with Crippen LogP contribution in [0.1, 0.15) is 0 Å². The van der Waals surface area contributed by atoms with Gasteiger partial charge in [-0.3, -0.25) is 0 Å². The molecule has 1 nitrogen and oxygen atoms in total. The summed E-state index contributed by atoms with van der Waals surface area (Å²) < 4.78 is 69.0. The highest BCUT2D eigenvalue weighted by molar-refractivity contribution is 4.83. The van der Waals surface area contributed by atoms with Crippen LogP contribution in [0.4, 0.5) is 26.3 Å². The van der Waals surface area contributed by atoms with E-state index in [1.54, 1.807) is 0 Å². The van der Waals surface area contributed by atoms with Gasteiger partial charge in [-0.05, 0) is 0 Å². The average molecular weight is 181 g/mol. The summed E-state index contributed by atoms with van der Waals surface area (Å²) in [4.78, 5) is 0. The van der Waals surface area contributed by atoms with Crippen molar-refractivity contribution in [1.82, 2.24) is 0 Å². The van der Waals surface area contributed by atoms with Crippen molar-refractivity contribution in [2.24, 2.45) is 5.73 Å². The summed E-state index contributed by atoms with van der Waals surface area (Å²) in [6.07, 6.45) is -9.73. The summed E-state index contributed by atoms with van der Waals surface area (Å²) >= 11 is 0. The largest absolute Gasteiger partial charge is 0.425 e. The van der Waals surface area contributed by atoms with Crippen LogP contribution in [-0.2, 0) is 0 Å². The molecule has 0 aromatic carbocycles. The van der Waals surface area contributed by atoms with Crippen molar-refractivity contribution in [2.75, 3.05) is 6.54 Å². The molecule has 0 radical (unpaired) electrons. The Kier molecular flexibility index (Phi) is 2.76. The fourth-order valence-electron chi connectivity index (χ4n) is 0.343. The summed E-state index contributed by atoms with van der Waals surface area (Å²) in [7, 11) is 0. The predicted molar refractivity (Wildman–Crippen MR) is 25.0 cm³/mol. The van der Waals surface area contributed by atoms with Crippen LogP contribution in [0.2, 0.25) is 0 Å². The van der Waals surface area contributed by atoms with Gasteiger partial charge < -0.3 is 5.73 Å². The van der Waals surface area contributed by atoms with Gasteiger partial charge in [0.05, 0.1) is 6.54 Å². The topological polar surface area (TPSA) is 26.0 Å². The Hall–Kier alpha value is -0.460. The standard InChI is InChI=1S/C4H5F6N/c5-2(4(8,9)10)3(6,7)1-11/h2H,1,11H2. The van der Waals surface area contributed by atoms with Crippen LogP contribution in [0.15, 0.2) is 0 Å². The molecule has 1 atom stereocenters. The molecule has 0 amide bonds. The maximum atomic E-state index is 11.8. The third kappa shape index (κ3) is 2.57. The number of alkyl halides is 6. The molecule has 68 valence electrons. The SMILES string of the molecule is NCC(F)(F)C(F)C(F)(F)F. The highest BCUT2D eigenvalue weighted by Gasteiger charge is 2.55. The summed E-state index contributed by atoms with van der Waals surface area (Å²) in [5.74, 6) is -4.53. The Morgan fingerprint density at radius 2 is 1.45 bits per heavy atom. The predicted octanol–water partition coefficient (Wildman–Crippen LogP) is 1.48. The van der Waals surface area contributed by atoms with Crippen LogP contribution < -0.4 is 5.73 Å². The van der Waals surface area contributed by atoms with Gasteiger partial charge in [0.2, 0.25) is 0 Å². The van der Waals surface area contributed by atoms with E-state index in [-0.39, 0.29) is 0 Å². The van der Waals surface area contributed by atoms with Crippen molar-refractivity contribution in [3.05, 3.63) is 0 Å². The first-order valence-corrected chi connectivity index (χ1v) is 2.50. The Bertz CT molecular complexity index is 129. The van der Waals surface area contributed by atoms with E-state index in [1.807, 2.05) is 0 Å². The van der Waals surface area contributed by atoms with E-state index in [0.29, 0.717) is 0 Å². The molecule has 0 saturated heterocycles. The number of nitrogens with two attached hydrogens (primary N) is 1. The fraction of sp³-hybridized carbons (Fsp3) is 1.00. The molecule has 2 N–H and O–H groups in total. The normalized spacial score (nSPS) is 16.6. The molecular formula is C4H5F6N. The molecule has 1 unspecified atom stereocenters. The van der Waals surface area contributed by atoms with Gasteiger partial charge in [-0.2, -0.15) is 13.2 Å². The molecule has 0 aromatic rings. The van der Waals surface area contributed by atoms with E-state index < -0.39 is 24.8 Å². The van der Waals surface area contributed by atoms with Gasteiger partial charge in [0, 0.05) is 0 Å². The molecule has 0 aromatic heterocycles. The minimum Gasteiger partial charge on any atom is -0.325 e. The molecule has 0 aliphatic carbocycles. The monoisotopic (exact) mass is 181 g/mol. The van der Waals surface area contributed by atoms with Crippen molar-refractivity contribution in [2.45, 2.75) is 18.3 Å². The number of rotatable bonds is 2. The smallest absolute Gasteiger partial charge is 0.325 e. The Morgan fingerprint density at radius 1 is 1.09 bits per heavy atom. The molecule has 11 heavy (non-hydrogen) atoms. The molecule has 0 spiro atoms. The number of halogens is 6. The molecule has 0 saturated carbocycles. The van der Waals surface area contributed by atoms with Crippen LogP contribution in [-0.4, -0.2) is 24.8 Å². The molecule has 0 bridgehead atoms. The summed E-state index contributed by atoms with van der Waals surface area (Å²) in [5.41, 5.74) is 4.21. The van der Waals surface area contributed by atoms with Crippen LogP contribution in [0.25, 0.3) is 0 Å². The van der Waals surface area contributed by atoms with Gasteiger partial charge in [-0.15, -0.1) is 0 Å². The van der Waals surface area contributed by atoms with E-state index in [1.165, 1.54) is 0 Å². The lowest BCUT2D eigenvalue weighted by Gasteiger charge is -2.20. The van der Waals surface area contributed by atoms with E-state index in [4.69, 9.17) is 0 Å². The third-order valence-corrected chi connectivity index (χ3v) is 0.930. The third-order valence-electron chi connectivity index (χ3n) is 0.930. The van der Waals surface area contributed by atoms with Crippen molar-refractivity contribution < 1.29 is 26.3 Å². The molecule has 0 fully saturated rings. The van der Waals surface area contributed by atoms with E-state index in [9.17, 15) is 26.3 Å². The van der Waals surface area contributed by atoms with Crippen LogP contribution >= 0.6 is 0 Å². The fourth-order valence-corrected chi connectivity index (χ4v) is 0.343. The average Bonchev–Trinajstić information content (AvgIpc) is 1.84. The highest BCUT2D eigenvalue weighted by Crippen LogP contribution is 2.33. The second-order valence-electron chi connectivity index (χ2n) is 1.87. The lowest BCUT2D eigenvalue weighted by Crippen LogP contribution is -2.46. The van der Waals surface area contributed by atoms with Gasteiger partial charge in [0.15, 0.2) is 0 Å². The first-order chi connectivity index (χ1) is 4.72. The quantitative estimate of drug-likeness (QED) is 0.641. The van der Waals surface area contributed by atoms with Crippen molar-refractivity contribution >= 4 is 0 Å². The van der Waals surface area contributed by atoms with E-state index in [0.717, 1.165) is 0 Å². The maximum absolute atomic E-state index is 11.8. The minimum atomic E-state index is -5.55. The number of hydrogen-bond donors (Lipinski definition) is 1. The van der Waals surface area contributed by atoms with Crippen molar-refractivity contribution in [1.29, 1.82) is 0 Å². The second-order valence-corrected chi connectivity index (χ2v) is 1.87. The van der Waals surface area contributed by atoms with Crippen molar-refractivity contribution in [3.8, 4) is 0 Å². The molecule has 0 aliphatic rings. The van der Waals surface area contributed by atoms with E-state index in [2.05, 4.69) is 5.73 Å². The van der Waals surface area contributed by atoms with Gasteiger partial charge in [0.1, 0.15) is 0 Å². The molecular weight excluding hydrogens is 176 g/mol. The maximum Gasteiger partial charge on any atom is 0.425 e. The van der Waals surface area contributed by atoms with Crippen LogP contribution in [0, 0.1) is 0 Å². The van der Waals surface area contributed by atoms with Gasteiger partial charge in [-0.1, -0.05) is 0 Å². The Balaban J connectivity index is 4.35. The summed E-state index contributed by atoms with van der Waals surface area (Å²) in [6.45, 7) is -1.66. The first kappa shape index (κ1) is 10.5. The van der Waals surface area contributed by atoms with Gasteiger partial charge in [-0.25, -0.2) is 13.2 Å². The number of hydrogen-bond acceptors (Lipinski definition) is 1. The zero-order valence-electron chi connectivity index (χ0n) is 5.13. The summed E-state index contributed by atoms with van der Waals surface area (Å²) in [5, 5.41) is 0. The Morgan fingerprint density at radius 3 is 1.55 bits per heavy atom. The molecule has 0 aliphatic heterocycles. The lowest BCUT2D eigenvalue weighted by molar-refractivity contribution is -0.241.